The lowest BCUT2D eigenvalue weighted by molar-refractivity contribution is 0.394. The Morgan fingerprint density at radius 1 is 0.857 bits per heavy atom. The molecule has 0 spiro atoms. The van der Waals surface area contributed by atoms with Gasteiger partial charge in [-0.05, 0) is 79.2 Å². The van der Waals surface area contributed by atoms with Crippen molar-refractivity contribution in [3.05, 3.63) is 70.0 Å². The zero-order chi connectivity index (χ0) is 19.9. The van der Waals surface area contributed by atoms with Gasteiger partial charge in [-0.3, -0.25) is 0 Å². The van der Waals surface area contributed by atoms with Gasteiger partial charge in [-0.15, -0.1) is 0 Å². The highest BCUT2D eigenvalue weighted by molar-refractivity contribution is 5.33. The Hall–Kier alpha value is -1.77. The van der Waals surface area contributed by atoms with Crippen LogP contribution in [0.3, 0.4) is 0 Å². The van der Waals surface area contributed by atoms with E-state index in [0.717, 1.165) is 25.7 Å². The number of hydrogen-bond donors (Lipinski definition) is 0. The smallest absolute Gasteiger partial charge is 0.194 e. The molecule has 1 aliphatic carbocycles. The van der Waals surface area contributed by atoms with E-state index in [9.17, 15) is 13.2 Å². The summed E-state index contributed by atoms with van der Waals surface area (Å²) in [5.74, 6) is -2.99. The highest BCUT2D eigenvalue weighted by atomic mass is 19.2. The average Bonchev–Trinajstić information content (AvgIpc) is 2.71. The van der Waals surface area contributed by atoms with Crippen LogP contribution in [0.1, 0.15) is 74.1 Å². The molecular weight excluding hydrogens is 357 g/mol. The fourth-order valence-electron chi connectivity index (χ4n) is 4.32. The van der Waals surface area contributed by atoms with Crippen molar-refractivity contribution in [2.24, 2.45) is 5.92 Å². The van der Waals surface area contributed by atoms with Gasteiger partial charge in [0, 0.05) is 0 Å². The quantitative estimate of drug-likeness (QED) is 0.311. The summed E-state index contributed by atoms with van der Waals surface area (Å²) in [4.78, 5) is 0. The predicted molar refractivity (Wildman–Crippen MR) is 109 cm³/mol. The van der Waals surface area contributed by atoms with Gasteiger partial charge in [0.1, 0.15) is 0 Å². The summed E-state index contributed by atoms with van der Waals surface area (Å²) in [6, 6.07) is 10.1. The van der Waals surface area contributed by atoms with Gasteiger partial charge < -0.3 is 0 Å². The number of halogens is 3. The van der Waals surface area contributed by atoms with E-state index in [0.29, 0.717) is 29.9 Å². The highest BCUT2D eigenvalue weighted by Crippen LogP contribution is 2.32. The molecule has 0 amide bonds. The van der Waals surface area contributed by atoms with Crippen LogP contribution in [0.2, 0.25) is 0 Å². The Bertz CT molecular complexity index is 764. The third-order valence-corrected chi connectivity index (χ3v) is 6.10. The maximum Gasteiger partial charge on any atom is 0.194 e. The molecule has 152 valence electrons. The summed E-state index contributed by atoms with van der Waals surface area (Å²) in [6.45, 7) is 2.24. The van der Waals surface area contributed by atoms with Crippen molar-refractivity contribution in [3.63, 3.8) is 0 Å². The van der Waals surface area contributed by atoms with Crippen LogP contribution < -0.4 is 0 Å². The Morgan fingerprint density at radius 3 is 2.25 bits per heavy atom. The molecule has 3 rings (SSSR count). The fourth-order valence-corrected chi connectivity index (χ4v) is 4.32. The Balaban J connectivity index is 1.47. The molecule has 0 nitrogen and oxygen atoms in total. The van der Waals surface area contributed by atoms with E-state index in [4.69, 9.17) is 0 Å². The van der Waals surface area contributed by atoms with Crippen molar-refractivity contribution < 1.29 is 13.2 Å². The molecule has 0 N–H and O–H groups in total. The van der Waals surface area contributed by atoms with Gasteiger partial charge in [-0.25, -0.2) is 13.2 Å². The second-order valence-electron chi connectivity index (χ2n) is 8.25. The normalized spacial score (nSPS) is 16.2. The molecule has 1 atom stereocenters. The molecule has 0 radical (unpaired) electrons. The summed E-state index contributed by atoms with van der Waals surface area (Å²) in [5, 5.41) is 0. The minimum atomic E-state index is -1.33. The van der Waals surface area contributed by atoms with Crippen LogP contribution in [0, 0.1) is 23.4 Å². The van der Waals surface area contributed by atoms with Crippen LogP contribution in [0.15, 0.2) is 30.3 Å². The van der Waals surface area contributed by atoms with Gasteiger partial charge in [0.25, 0.3) is 0 Å². The number of fused-ring (bicyclic) bond motifs is 1. The van der Waals surface area contributed by atoms with Crippen LogP contribution in [0.5, 0.6) is 0 Å². The third-order valence-electron chi connectivity index (χ3n) is 6.10. The monoisotopic (exact) mass is 388 g/mol. The van der Waals surface area contributed by atoms with Crippen LogP contribution >= 0.6 is 0 Å². The first kappa shape index (κ1) is 21.0. The molecule has 28 heavy (non-hydrogen) atoms. The van der Waals surface area contributed by atoms with Gasteiger partial charge in [-0.2, -0.15) is 0 Å². The second kappa shape index (κ2) is 10.1. The molecule has 0 heterocycles. The van der Waals surface area contributed by atoms with Crippen molar-refractivity contribution in [3.8, 4) is 0 Å². The van der Waals surface area contributed by atoms with E-state index in [1.165, 1.54) is 49.3 Å². The van der Waals surface area contributed by atoms with E-state index in [1.54, 1.807) is 0 Å². The Morgan fingerprint density at radius 2 is 1.54 bits per heavy atom. The standard InChI is InChI=1S/C25H31F3/c1-2-3-4-5-6-7-18-8-10-19(11-9-18)12-13-20-14-15-22-21(16-20)17-23(26)25(28)24(22)27/h8-11,17,20H,2-7,12-16H2,1H3. The highest BCUT2D eigenvalue weighted by Gasteiger charge is 2.25. The summed E-state index contributed by atoms with van der Waals surface area (Å²) in [5.41, 5.74) is 3.74. The van der Waals surface area contributed by atoms with E-state index in [1.807, 2.05) is 0 Å². The van der Waals surface area contributed by atoms with Gasteiger partial charge in [0.15, 0.2) is 17.5 Å². The van der Waals surface area contributed by atoms with E-state index in [-0.39, 0.29) is 0 Å². The number of unbranched alkanes of at least 4 members (excludes halogenated alkanes) is 4. The number of hydrogen-bond acceptors (Lipinski definition) is 0. The summed E-state index contributed by atoms with van der Waals surface area (Å²) in [7, 11) is 0. The summed E-state index contributed by atoms with van der Waals surface area (Å²) < 4.78 is 40.8. The lowest BCUT2D eigenvalue weighted by Gasteiger charge is -2.25. The largest absolute Gasteiger partial charge is 0.204 e. The van der Waals surface area contributed by atoms with Crippen molar-refractivity contribution >= 4 is 0 Å². The Kier molecular flexibility index (Phi) is 7.58. The molecule has 0 aliphatic heterocycles. The maximum atomic E-state index is 13.9. The lowest BCUT2D eigenvalue weighted by Crippen LogP contribution is -2.18. The maximum absolute atomic E-state index is 13.9. The van der Waals surface area contributed by atoms with Crippen molar-refractivity contribution in [1.29, 1.82) is 0 Å². The minimum Gasteiger partial charge on any atom is -0.204 e. The molecule has 1 unspecified atom stereocenters. The zero-order valence-electron chi connectivity index (χ0n) is 16.9. The molecule has 2 aromatic carbocycles. The van der Waals surface area contributed by atoms with Gasteiger partial charge in [0.05, 0.1) is 0 Å². The second-order valence-corrected chi connectivity index (χ2v) is 8.25. The number of rotatable bonds is 9. The molecule has 3 heteroatoms. The third kappa shape index (κ3) is 5.40. The van der Waals surface area contributed by atoms with E-state index in [2.05, 4.69) is 31.2 Å². The van der Waals surface area contributed by atoms with Crippen molar-refractivity contribution in [2.75, 3.05) is 0 Å². The topological polar surface area (TPSA) is 0 Å². The van der Waals surface area contributed by atoms with Gasteiger partial charge >= 0.3 is 0 Å². The molecule has 0 bridgehead atoms. The van der Waals surface area contributed by atoms with E-state index < -0.39 is 17.5 Å². The fraction of sp³-hybridized carbons (Fsp3) is 0.520. The number of benzene rings is 2. The first-order valence-corrected chi connectivity index (χ1v) is 10.8. The van der Waals surface area contributed by atoms with Gasteiger partial charge in [-0.1, -0.05) is 56.9 Å². The average molecular weight is 389 g/mol. The summed E-state index contributed by atoms with van der Waals surface area (Å²) in [6.07, 6.45) is 11.6. The van der Waals surface area contributed by atoms with Crippen LogP contribution in [-0.2, 0) is 25.7 Å². The SMILES string of the molecule is CCCCCCCc1ccc(CCC2CCc3c(cc(F)c(F)c3F)C2)cc1. The molecule has 2 aromatic rings. The van der Waals surface area contributed by atoms with Crippen molar-refractivity contribution in [2.45, 2.75) is 77.6 Å². The molecule has 0 saturated heterocycles. The first-order chi connectivity index (χ1) is 13.6. The Labute approximate surface area is 167 Å². The van der Waals surface area contributed by atoms with Gasteiger partial charge in [0.2, 0.25) is 0 Å². The predicted octanol–water partition coefficient (Wildman–Crippen LogP) is 7.35. The minimum absolute atomic E-state index is 0.374. The lowest BCUT2D eigenvalue weighted by atomic mass is 9.80. The molecule has 0 fully saturated rings. The zero-order valence-corrected chi connectivity index (χ0v) is 16.9. The molecule has 1 aliphatic rings. The van der Waals surface area contributed by atoms with Crippen LogP contribution in [-0.4, -0.2) is 0 Å². The van der Waals surface area contributed by atoms with Crippen LogP contribution in [0.4, 0.5) is 13.2 Å². The summed E-state index contributed by atoms with van der Waals surface area (Å²) >= 11 is 0. The molecule has 0 saturated carbocycles. The van der Waals surface area contributed by atoms with E-state index >= 15 is 0 Å². The number of aryl methyl sites for hydroxylation is 2. The van der Waals surface area contributed by atoms with Crippen LogP contribution in [0.25, 0.3) is 0 Å². The molecular formula is C25H31F3. The molecule has 0 aromatic heterocycles. The first-order valence-electron chi connectivity index (χ1n) is 10.8. The van der Waals surface area contributed by atoms with Crippen molar-refractivity contribution in [1.82, 2.24) is 0 Å².